The standard InChI is InChI=1S/C16H13FO3S/c17-15-7-3-13(4-8-15)11-21(20)10-9-12-1-5-14(6-2-12)16(18)19/h1-10H,11H2,(H,18,19)/b10-9+. The number of benzene rings is 2. The minimum Gasteiger partial charge on any atom is -0.478 e. The molecule has 3 nitrogen and oxygen atoms in total. The Hall–Kier alpha value is -2.27. The van der Waals surface area contributed by atoms with E-state index in [0.717, 1.165) is 11.1 Å². The predicted molar refractivity (Wildman–Crippen MR) is 80.7 cm³/mol. The molecule has 0 aliphatic rings. The van der Waals surface area contributed by atoms with Gasteiger partial charge in [-0.3, -0.25) is 4.21 Å². The predicted octanol–water partition coefficient (Wildman–Crippen LogP) is 3.44. The Labute approximate surface area is 124 Å². The molecule has 2 aromatic carbocycles. The highest BCUT2D eigenvalue weighted by atomic mass is 32.2. The van der Waals surface area contributed by atoms with Gasteiger partial charge in [0.15, 0.2) is 0 Å². The Morgan fingerprint density at radius 3 is 2.29 bits per heavy atom. The monoisotopic (exact) mass is 304 g/mol. The first-order chi connectivity index (χ1) is 10.0. The number of rotatable bonds is 5. The van der Waals surface area contributed by atoms with E-state index >= 15 is 0 Å². The maximum Gasteiger partial charge on any atom is 0.335 e. The fourth-order valence-corrected chi connectivity index (χ4v) is 2.61. The summed E-state index contributed by atoms with van der Waals surface area (Å²) >= 11 is 0. The van der Waals surface area contributed by atoms with Gasteiger partial charge in [-0.15, -0.1) is 0 Å². The number of aromatic carboxylic acids is 1. The number of carboxylic acid groups (broad SMARTS) is 1. The normalized spacial score (nSPS) is 12.4. The van der Waals surface area contributed by atoms with E-state index in [1.54, 1.807) is 35.7 Å². The molecule has 0 saturated carbocycles. The maximum absolute atomic E-state index is 12.8. The SMILES string of the molecule is O=C(O)c1ccc(/C=C/S(=O)Cc2ccc(F)cc2)cc1. The van der Waals surface area contributed by atoms with Crippen LogP contribution in [0.1, 0.15) is 21.5 Å². The molecule has 1 N–H and O–H groups in total. The van der Waals surface area contributed by atoms with Crippen LogP contribution in [0, 0.1) is 5.82 Å². The van der Waals surface area contributed by atoms with Gasteiger partial charge in [0.2, 0.25) is 0 Å². The van der Waals surface area contributed by atoms with Crippen molar-refractivity contribution in [3.8, 4) is 0 Å². The van der Waals surface area contributed by atoms with Crippen molar-refractivity contribution in [2.45, 2.75) is 5.75 Å². The summed E-state index contributed by atoms with van der Waals surface area (Å²) in [5, 5.41) is 10.3. The third-order valence-electron chi connectivity index (χ3n) is 2.79. The van der Waals surface area contributed by atoms with E-state index in [1.165, 1.54) is 24.3 Å². The van der Waals surface area contributed by atoms with Gasteiger partial charge in [0.25, 0.3) is 0 Å². The summed E-state index contributed by atoms with van der Waals surface area (Å²) in [4.78, 5) is 10.7. The third-order valence-corrected chi connectivity index (χ3v) is 3.85. The van der Waals surface area contributed by atoms with Crippen LogP contribution < -0.4 is 0 Å². The first-order valence-electron chi connectivity index (χ1n) is 6.18. The number of carbonyl (C=O) groups is 1. The van der Waals surface area contributed by atoms with Crippen molar-refractivity contribution in [3.05, 3.63) is 76.4 Å². The molecule has 0 radical (unpaired) electrons. The van der Waals surface area contributed by atoms with Crippen molar-refractivity contribution in [1.29, 1.82) is 0 Å². The highest BCUT2D eigenvalue weighted by Crippen LogP contribution is 2.10. The number of halogens is 1. The summed E-state index contributed by atoms with van der Waals surface area (Å²) in [6.07, 6.45) is 1.67. The maximum atomic E-state index is 12.8. The summed E-state index contributed by atoms with van der Waals surface area (Å²) in [6.45, 7) is 0. The van der Waals surface area contributed by atoms with Crippen LogP contribution in [-0.4, -0.2) is 15.3 Å². The average Bonchev–Trinajstić information content (AvgIpc) is 2.48. The third kappa shape index (κ3) is 4.65. The van der Waals surface area contributed by atoms with Crippen LogP contribution in [0.25, 0.3) is 6.08 Å². The van der Waals surface area contributed by atoms with E-state index < -0.39 is 16.8 Å². The van der Waals surface area contributed by atoms with E-state index in [0.29, 0.717) is 5.75 Å². The van der Waals surface area contributed by atoms with Crippen LogP contribution in [-0.2, 0) is 16.6 Å². The second kappa shape index (κ2) is 6.95. The van der Waals surface area contributed by atoms with Gasteiger partial charge in [0.1, 0.15) is 5.82 Å². The molecule has 0 aromatic heterocycles. The minimum absolute atomic E-state index is 0.208. The second-order valence-electron chi connectivity index (χ2n) is 4.38. The summed E-state index contributed by atoms with van der Waals surface area (Å²) in [5.74, 6) is -0.992. The second-order valence-corrected chi connectivity index (χ2v) is 5.70. The van der Waals surface area contributed by atoms with Crippen molar-refractivity contribution in [2.75, 3.05) is 0 Å². The zero-order chi connectivity index (χ0) is 15.2. The summed E-state index contributed by atoms with van der Waals surface area (Å²) in [6, 6.07) is 12.1. The van der Waals surface area contributed by atoms with Gasteiger partial charge in [-0.25, -0.2) is 9.18 Å². The van der Waals surface area contributed by atoms with Crippen molar-refractivity contribution in [1.82, 2.24) is 0 Å². The molecular weight excluding hydrogens is 291 g/mol. The topological polar surface area (TPSA) is 54.4 Å². The van der Waals surface area contributed by atoms with Crippen LogP contribution in [0.2, 0.25) is 0 Å². The molecule has 0 bridgehead atoms. The number of hydrogen-bond donors (Lipinski definition) is 1. The van der Waals surface area contributed by atoms with Gasteiger partial charge in [-0.2, -0.15) is 0 Å². The average molecular weight is 304 g/mol. The zero-order valence-corrected chi connectivity index (χ0v) is 11.8. The Morgan fingerprint density at radius 1 is 1.10 bits per heavy atom. The first kappa shape index (κ1) is 15.1. The smallest absolute Gasteiger partial charge is 0.335 e. The molecule has 1 atom stereocenters. The summed E-state index contributed by atoms with van der Waals surface area (Å²) < 4.78 is 24.6. The molecule has 1 unspecified atom stereocenters. The van der Waals surface area contributed by atoms with Crippen LogP contribution in [0.4, 0.5) is 4.39 Å². The molecule has 0 spiro atoms. The lowest BCUT2D eigenvalue weighted by atomic mass is 10.1. The molecule has 2 rings (SSSR count). The molecule has 0 saturated heterocycles. The quantitative estimate of drug-likeness (QED) is 0.920. The van der Waals surface area contributed by atoms with Crippen molar-refractivity contribution < 1.29 is 18.5 Å². The van der Waals surface area contributed by atoms with Crippen LogP contribution in [0.15, 0.2) is 53.9 Å². The molecular formula is C16H13FO3S. The minimum atomic E-state index is -1.21. The lowest BCUT2D eigenvalue weighted by Gasteiger charge is -1.99. The Bertz CT molecular complexity index is 676. The first-order valence-corrected chi connectivity index (χ1v) is 7.56. The molecule has 21 heavy (non-hydrogen) atoms. The lowest BCUT2D eigenvalue weighted by molar-refractivity contribution is 0.0697. The molecule has 0 fully saturated rings. The Balaban J connectivity index is 1.98. The molecule has 2 aromatic rings. The van der Waals surface area contributed by atoms with E-state index in [1.807, 2.05) is 0 Å². The Morgan fingerprint density at radius 2 is 1.71 bits per heavy atom. The molecule has 0 amide bonds. The van der Waals surface area contributed by atoms with Crippen molar-refractivity contribution >= 4 is 22.8 Å². The van der Waals surface area contributed by atoms with E-state index in [2.05, 4.69) is 0 Å². The van der Waals surface area contributed by atoms with Crippen molar-refractivity contribution in [3.63, 3.8) is 0 Å². The largest absolute Gasteiger partial charge is 0.478 e. The van der Waals surface area contributed by atoms with Crippen molar-refractivity contribution in [2.24, 2.45) is 0 Å². The van der Waals surface area contributed by atoms with E-state index in [9.17, 15) is 13.4 Å². The van der Waals surface area contributed by atoms with Gasteiger partial charge in [0.05, 0.1) is 22.1 Å². The van der Waals surface area contributed by atoms with Gasteiger partial charge >= 0.3 is 5.97 Å². The highest BCUT2D eigenvalue weighted by molar-refractivity contribution is 7.87. The summed E-state index contributed by atoms with van der Waals surface area (Å²) in [7, 11) is -1.21. The van der Waals surface area contributed by atoms with Crippen LogP contribution >= 0.6 is 0 Å². The van der Waals surface area contributed by atoms with Gasteiger partial charge in [-0.05, 0) is 41.5 Å². The number of carboxylic acids is 1. The highest BCUT2D eigenvalue weighted by Gasteiger charge is 2.01. The zero-order valence-electron chi connectivity index (χ0n) is 11.0. The van der Waals surface area contributed by atoms with Gasteiger partial charge in [-0.1, -0.05) is 24.3 Å². The van der Waals surface area contributed by atoms with E-state index in [-0.39, 0.29) is 11.4 Å². The molecule has 108 valence electrons. The number of hydrogen-bond acceptors (Lipinski definition) is 2. The van der Waals surface area contributed by atoms with Gasteiger partial charge in [0, 0.05) is 5.41 Å². The molecule has 5 heteroatoms. The summed E-state index contributed by atoms with van der Waals surface area (Å²) in [5.41, 5.74) is 1.77. The lowest BCUT2D eigenvalue weighted by Crippen LogP contribution is -1.95. The van der Waals surface area contributed by atoms with Crippen LogP contribution in [0.5, 0.6) is 0 Å². The van der Waals surface area contributed by atoms with Gasteiger partial charge < -0.3 is 5.11 Å². The molecule has 0 aliphatic carbocycles. The molecule has 0 heterocycles. The van der Waals surface area contributed by atoms with Crippen LogP contribution in [0.3, 0.4) is 0 Å². The fourth-order valence-electron chi connectivity index (χ4n) is 1.68. The Kier molecular flexibility index (Phi) is 5.00. The van der Waals surface area contributed by atoms with E-state index in [4.69, 9.17) is 5.11 Å². The molecule has 0 aliphatic heterocycles. The fraction of sp³-hybridized carbons (Fsp3) is 0.0625.